The molecule has 0 saturated carbocycles. The maximum Gasteiger partial charge on any atom is 0.338 e. The number of carbonyl (C=O) groups is 1. The van der Waals surface area contributed by atoms with Crippen molar-refractivity contribution in [3.8, 4) is 5.75 Å². The zero-order valence-electron chi connectivity index (χ0n) is 14.9. The van der Waals surface area contributed by atoms with E-state index in [2.05, 4.69) is 0 Å². The number of benzene rings is 1. The summed E-state index contributed by atoms with van der Waals surface area (Å²) in [5.41, 5.74) is -0.401. The standard InChI is InChI=1S/C16H18N2O8S/c1-4-24-14-7-5-11(9-13(14)18(20)21)16(19)25-10-12-6-8-15(26-12)27(22,23)17(2)3/h5-9H,4,10H2,1-3H3. The first kappa shape index (κ1) is 20.4. The van der Waals surface area contributed by atoms with Crippen LogP contribution >= 0.6 is 0 Å². The lowest BCUT2D eigenvalue weighted by atomic mass is 10.2. The quantitative estimate of drug-likeness (QED) is 0.376. The highest BCUT2D eigenvalue weighted by Gasteiger charge is 2.23. The molecule has 0 N–H and O–H groups in total. The Hall–Kier alpha value is -2.92. The Labute approximate surface area is 155 Å². The molecular weight excluding hydrogens is 380 g/mol. The fourth-order valence-corrected chi connectivity index (χ4v) is 2.85. The number of nitrogens with zero attached hydrogens (tertiary/aromatic N) is 2. The number of furan rings is 1. The summed E-state index contributed by atoms with van der Waals surface area (Å²) >= 11 is 0. The van der Waals surface area contributed by atoms with Gasteiger partial charge in [-0.25, -0.2) is 17.5 Å². The molecule has 1 aromatic carbocycles. The third kappa shape index (κ3) is 4.63. The van der Waals surface area contributed by atoms with Gasteiger partial charge in [-0.15, -0.1) is 0 Å². The molecule has 2 aromatic rings. The molecule has 0 unspecified atom stereocenters. The van der Waals surface area contributed by atoms with E-state index in [0.29, 0.717) is 0 Å². The summed E-state index contributed by atoms with van der Waals surface area (Å²) in [6.07, 6.45) is 0. The number of rotatable bonds is 8. The van der Waals surface area contributed by atoms with E-state index in [-0.39, 0.29) is 41.1 Å². The molecule has 0 aliphatic rings. The molecule has 0 radical (unpaired) electrons. The predicted octanol–water partition coefficient (Wildman–Crippen LogP) is 2.19. The zero-order valence-corrected chi connectivity index (χ0v) is 15.7. The van der Waals surface area contributed by atoms with Crippen molar-refractivity contribution >= 4 is 21.7 Å². The van der Waals surface area contributed by atoms with Crippen LogP contribution in [0.3, 0.4) is 0 Å². The van der Waals surface area contributed by atoms with Crippen LogP contribution in [0.2, 0.25) is 0 Å². The van der Waals surface area contributed by atoms with Crippen LogP contribution < -0.4 is 4.74 Å². The maximum absolute atomic E-state index is 12.1. The largest absolute Gasteiger partial charge is 0.487 e. The minimum Gasteiger partial charge on any atom is -0.487 e. The first-order chi connectivity index (χ1) is 12.7. The molecule has 1 aromatic heterocycles. The molecule has 2 rings (SSSR count). The average molecular weight is 398 g/mol. The van der Waals surface area contributed by atoms with Gasteiger partial charge in [0.2, 0.25) is 5.09 Å². The fraction of sp³-hybridized carbons (Fsp3) is 0.312. The van der Waals surface area contributed by atoms with Gasteiger partial charge in [-0.3, -0.25) is 10.1 Å². The highest BCUT2D eigenvalue weighted by Crippen LogP contribution is 2.28. The van der Waals surface area contributed by atoms with Crippen LogP contribution in [0.15, 0.2) is 39.8 Å². The van der Waals surface area contributed by atoms with Crippen LogP contribution in [-0.2, 0) is 21.4 Å². The van der Waals surface area contributed by atoms with Gasteiger partial charge in [0.25, 0.3) is 10.0 Å². The van der Waals surface area contributed by atoms with Crippen LogP contribution in [0.5, 0.6) is 5.75 Å². The van der Waals surface area contributed by atoms with Crippen molar-refractivity contribution in [3.05, 3.63) is 51.8 Å². The second-order valence-electron chi connectivity index (χ2n) is 5.46. The average Bonchev–Trinajstić information content (AvgIpc) is 3.09. The molecular formula is C16H18N2O8S. The first-order valence-electron chi connectivity index (χ1n) is 7.76. The fourth-order valence-electron chi connectivity index (χ4n) is 2.04. The van der Waals surface area contributed by atoms with E-state index in [0.717, 1.165) is 10.4 Å². The third-order valence-corrected chi connectivity index (χ3v) is 5.10. The summed E-state index contributed by atoms with van der Waals surface area (Å²) in [4.78, 5) is 22.6. The van der Waals surface area contributed by atoms with Crippen molar-refractivity contribution in [2.24, 2.45) is 0 Å². The van der Waals surface area contributed by atoms with Crippen LogP contribution in [0.25, 0.3) is 0 Å². The van der Waals surface area contributed by atoms with Gasteiger partial charge in [-0.1, -0.05) is 0 Å². The highest BCUT2D eigenvalue weighted by molar-refractivity contribution is 7.88. The molecule has 0 amide bonds. The molecule has 0 fully saturated rings. The van der Waals surface area contributed by atoms with Crippen LogP contribution in [0, 0.1) is 10.1 Å². The summed E-state index contributed by atoms with van der Waals surface area (Å²) in [6, 6.07) is 6.32. The highest BCUT2D eigenvalue weighted by atomic mass is 32.2. The SMILES string of the molecule is CCOc1ccc(C(=O)OCc2ccc(S(=O)(=O)N(C)C)o2)cc1[N+](=O)[O-]. The summed E-state index contributed by atoms with van der Waals surface area (Å²) in [5, 5.41) is 10.8. The van der Waals surface area contributed by atoms with Gasteiger partial charge in [-0.05, 0) is 31.2 Å². The van der Waals surface area contributed by atoms with Gasteiger partial charge in [0.05, 0.1) is 17.1 Å². The molecule has 0 bridgehead atoms. The van der Waals surface area contributed by atoms with Crippen molar-refractivity contribution in [2.75, 3.05) is 20.7 Å². The van der Waals surface area contributed by atoms with Gasteiger partial charge in [0.1, 0.15) is 12.4 Å². The molecule has 11 heteroatoms. The lowest BCUT2D eigenvalue weighted by Crippen LogP contribution is -2.21. The summed E-state index contributed by atoms with van der Waals surface area (Å²) in [5.74, 6) is -0.664. The molecule has 10 nitrogen and oxygen atoms in total. The zero-order chi connectivity index (χ0) is 20.2. The smallest absolute Gasteiger partial charge is 0.338 e. The van der Waals surface area contributed by atoms with Crippen molar-refractivity contribution in [1.29, 1.82) is 0 Å². The first-order valence-corrected chi connectivity index (χ1v) is 9.20. The summed E-state index contributed by atoms with van der Waals surface area (Å²) in [6.45, 7) is 1.59. The minimum absolute atomic E-state index is 0.0437. The van der Waals surface area contributed by atoms with Crippen LogP contribution in [0.1, 0.15) is 23.0 Å². The van der Waals surface area contributed by atoms with E-state index in [9.17, 15) is 23.3 Å². The number of esters is 1. The van der Waals surface area contributed by atoms with Crippen molar-refractivity contribution in [3.63, 3.8) is 0 Å². The van der Waals surface area contributed by atoms with E-state index in [1.807, 2.05) is 0 Å². The van der Waals surface area contributed by atoms with Crippen molar-refractivity contribution < 1.29 is 32.0 Å². The monoisotopic (exact) mass is 398 g/mol. The number of nitro benzene ring substituents is 1. The molecule has 0 spiro atoms. The number of hydrogen-bond donors (Lipinski definition) is 0. The number of nitro groups is 1. The molecule has 0 atom stereocenters. The molecule has 0 saturated heterocycles. The van der Waals surface area contributed by atoms with E-state index in [4.69, 9.17) is 13.9 Å². The molecule has 146 valence electrons. The van der Waals surface area contributed by atoms with E-state index in [1.54, 1.807) is 6.92 Å². The second kappa shape index (κ2) is 8.18. The minimum atomic E-state index is -3.73. The molecule has 0 aliphatic heterocycles. The van der Waals surface area contributed by atoms with Gasteiger partial charge < -0.3 is 13.9 Å². The van der Waals surface area contributed by atoms with Gasteiger partial charge in [0.15, 0.2) is 5.75 Å². The second-order valence-corrected chi connectivity index (χ2v) is 7.54. The molecule has 1 heterocycles. The predicted molar refractivity (Wildman–Crippen MR) is 93.0 cm³/mol. The Bertz CT molecular complexity index is 949. The van der Waals surface area contributed by atoms with Gasteiger partial charge >= 0.3 is 11.7 Å². The number of ether oxygens (including phenoxy) is 2. The van der Waals surface area contributed by atoms with E-state index in [1.165, 1.54) is 38.4 Å². The number of carbonyl (C=O) groups excluding carboxylic acids is 1. The Balaban J connectivity index is 2.11. The van der Waals surface area contributed by atoms with Crippen LogP contribution in [0.4, 0.5) is 5.69 Å². The lowest BCUT2D eigenvalue weighted by Gasteiger charge is -2.08. The van der Waals surface area contributed by atoms with E-state index < -0.39 is 20.9 Å². The molecule has 0 aliphatic carbocycles. The Morgan fingerprint density at radius 2 is 1.96 bits per heavy atom. The lowest BCUT2D eigenvalue weighted by molar-refractivity contribution is -0.385. The maximum atomic E-state index is 12.1. The van der Waals surface area contributed by atoms with Crippen molar-refractivity contribution in [1.82, 2.24) is 4.31 Å². The van der Waals surface area contributed by atoms with Gasteiger partial charge in [0, 0.05) is 20.2 Å². The van der Waals surface area contributed by atoms with E-state index >= 15 is 0 Å². The normalized spacial score (nSPS) is 11.4. The number of hydrogen-bond acceptors (Lipinski definition) is 8. The third-order valence-electron chi connectivity index (χ3n) is 3.41. The van der Waals surface area contributed by atoms with Crippen LogP contribution in [-0.4, -0.2) is 44.3 Å². The van der Waals surface area contributed by atoms with Gasteiger partial charge in [-0.2, -0.15) is 0 Å². The Morgan fingerprint density at radius 3 is 2.56 bits per heavy atom. The number of sulfonamides is 1. The topological polar surface area (TPSA) is 129 Å². The molecule has 27 heavy (non-hydrogen) atoms. The van der Waals surface area contributed by atoms with Crippen molar-refractivity contribution in [2.45, 2.75) is 18.6 Å². The Morgan fingerprint density at radius 1 is 1.26 bits per heavy atom. The summed E-state index contributed by atoms with van der Waals surface area (Å²) < 4.78 is 40.2. The summed E-state index contributed by atoms with van der Waals surface area (Å²) in [7, 11) is -1.02. The Kier molecular flexibility index (Phi) is 6.18.